The Morgan fingerprint density at radius 3 is 1.74 bits per heavy atom. The number of hydrogen-bond donors (Lipinski definition) is 6. The van der Waals surface area contributed by atoms with Gasteiger partial charge < -0.3 is 20.4 Å². The monoisotopic (exact) mass is 374 g/mol. The molecular weight excluding hydrogens is 352 g/mol. The summed E-state index contributed by atoms with van der Waals surface area (Å²) in [5, 5.41) is 44.3. The number of aliphatic carboxylic acids is 2. The van der Waals surface area contributed by atoms with E-state index in [1.54, 1.807) is 31.2 Å². The maximum atomic E-state index is 11.6. The lowest BCUT2D eigenvalue weighted by Crippen LogP contribution is -2.43. The summed E-state index contributed by atoms with van der Waals surface area (Å²) in [6.07, 6.45) is 0. The fraction of sp³-hybridized carbons (Fsp3) is 0.263. The number of rotatable bonds is 9. The normalized spacial score (nSPS) is 14.3. The number of para-hydroxylation sites is 2. The summed E-state index contributed by atoms with van der Waals surface area (Å²) >= 11 is 0. The number of carboxylic acid groups (broad SMARTS) is 2. The van der Waals surface area contributed by atoms with Gasteiger partial charge in [0.05, 0.1) is 0 Å². The summed E-state index contributed by atoms with van der Waals surface area (Å²) in [7, 11) is 0. The first-order valence-electron chi connectivity index (χ1n) is 8.32. The molecule has 0 radical (unpaired) electrons. The second kappa shape index (κ2) is 9.02. The van der Waals surface area contributed by atoms with Crippen molar-refractivity contribution in [1.82, 2.24) is 10.6 Å². The molecule has 8 nitrogen and oxygen atoms in total. The van der Waals surface area contributed by atoms with E-state index in [0.717, 1.165) is 0 Å². The number of benzene rings is 2. The van der Waals surface area contributed by atoms with Gasteiger partial charge in [0.1, 0.15) is 23.6 Å². The fourth-order valence-corrected chi connectivity index (χ4v) is 2.73. The van der Waals surface area contributed by atoms with Crippen molar-refractivity contribution in [2.45, 2.75) is 25.0 Å². The molecule has 0 spiro atoms. The maximum absolute atomic E-state index is 11.6. The van der Waals surface area contributed by atoms with Gasteiger partial charge in [0.15, 0.2) is 0 Å². The number of carbonyl (C=O) groups is 2. The summed E-state index contributed by atoms with van der Waals surface area (Å²) in [5.74, 6) is -2.62. The van der Waals surface area contributed by atoms with E-state index in [0.29, 0.717) is 0 Å². The zero-order valence-corrected chi connectivity index (χ0v) is 14.7. The van der Waals surface area contributed by atoms with E-state index in [1.807, 2.05) is 0 Å². The van der Waals surface area contributed by atoms with Crippen molar-refractivity contribution in [1.29, 1.82) is 0 Å². The van der Waals surface area contributed by atoms with Crippen molar-refractivity contribution in [2.75, 3.05) is 6.54 Å². The molecular formula is C19H22N2O6. The van der Waals surface area contributed by atoms with Gasteiger partial charge in [-0.3, -0.25) is 20.2 Å². The second-order valence-corrected chi connectivity index (χ2v) is 6.14. The largest absolute Gasteiger partial charge is 0.508 e. The molecule has 8 heteroatoms. The molecule has 0 heterocycles. The van der Waals surface area contributed by atoms with Crippen LogP contribution in [0.4, 0.5) is 0 Å². The van der Waals surface area contributed by atoms with Crippen molar-refractivity contribution >= 4 is 11.9 Å². The Balaban J connectivity index is 2.08. The Morgan fingerprint density at radius 1 is 0.852 bits per heavy atom. The lowest BCUT2D eigenvalue weighted by molar-refractivity contribution is -0.141. The summed E-state index contributed by atoms with van der Waals surface area (Å²) < 4.78 is 0. The zero-order chi connectivity index (χ0) is 20.0. The van der Waals surface area contributed by atoms with Gasteiger partial charge in [0.2, 0.25) is 0 Å². The Hall–Kier alpha value is -3.10. The minimum atomic E-state index is -1.17. The standard InChI is InChI=1S/C19H22N2O6/c1-11(21-17(19(26)27)13-7-3-5-9-15(13)23)10-20-16(18(24)25)12-6-2-4-8-14(12)22/h2-9,11,16-17,20-23H,10H2,1H3,(H,24,25)(H,26,27). The highest BCUT2D eigenvalue weighted by Gasteiger charge is 2.26. The minimum absolute atomic E-state index is 0.114. The number of phenolic OH excluding ortho intramolecular Hbond substituents is 2. The van der Waals surface area contributed by atoms with Gasteiger partial charge in [-0.2, -0.15) is 0 Å². The quantitative estimate of drug-likeness (QED) is 0.389. The molecule has 0 amide bonds. The SMILES string of the molecule is CC(CNC(C(=O)O)c1ccccc1O)NC(C(=O)O)c1ccccc1O. The molecule has 2 rings (SSSR count). The van der Waals surface area contributed by atoms with E-state index >= 15 is 0 Å². The number of phenols is 2. The van der Waals surface area contributed by atoms with Gasteiger partial charge in [-0.25, -0.2) is 0 Å². The molecule has 0 aliphatic rings. The average Bonchev–Trinajstić information content (AvgIpc) is 2.61. The molecule has 3 unspecified atom stereocenters. The van der Waals surface area contributed by atoms with Crippen LogP contribution in [-0.2, 0) is 9.59 Å². The summed E-state index contributed by atoms with van der Waals surface area (Å²) in [6, 6.07) is 9.46. The lowest BCUT2D eigenvalue weighted by Gasteiger charge is -2.23. The highest BCUT2D eigenvalue weighted by Crippen LogP contribution is 2.25. The smallest absolute Gasteiger partial charge is 0.325 e. The molecule has 0 saturated carbocycles. The number of carboxylic acids is 2. The Kier molecular flexibility index (Phi) is 6.75. The van der Waals surface area contributed by atoms with Crippen LogP contribution in [0.3, 0.4) is 0 Å². The first-order chi connectivity index (χ1) is 12.8. The molecule has 144 valence electrons. The summed E-state index contributed by atoms with van der Waals surface area (Å²) in [6.45, 7) is 1.80. The van der Waals surface area contributed by atoms with Gasteiger partial charge in [-0.15, -0.1) is 0 Å². The van der Waals surface area contributed by atoms with E-state index < -0.39 is 30.1 Å². The molecule has 27 heavy (non-hydrogen) atoms. The molecule has 0 aromatic heterocycles. The second-order valence-electron chi connectivity index (χ2n) is 6.14. The summed E-state index contributed by atoms with van der Waals surface area (Å²) in [5.41, 5.74) is 0.431. The Morgan fingerprint density at radius 2 is 1.30 bits per heavy atom. The van der Waals surface area contributed by atoms with Gasteiger partial charge in [-0.1, -0.05) is 36.4 Å². The molecule has 2 aromatic carbocycles. The molecule has 0 saturated heterocycles. The van der Waals surface area contributed by atoms with Gasteiger partial charge in [0.25, 0.3) is 0 Å². The van der Waals surface area contributed by atoms with Crippen molar-refractivity contribution in [3.8, 4) is 11.5 Å². The third-order valence-electron chi connectivity index (χ3n) is 4.07. The lowest BCUT2D eigenvalue weighted by atomic mass is 10.0. The molecule has 3 atom stereocenters. The van der Waals surface area contributed by atoms with Gasteiger partial charge in [0, 0.05) is 23.7 Å². The van der Waals surface area contributed by atoms with Crippen molar-refractivity contribution in [2.24, 2.45) is 0 Å². The van der Waals surface area contributed by atoms with E-state index in [9.17, 15) is 30.0 Å². The summed E-state index contributed by atoms with van der Waals surface area (Å²) in [4.78, 5) is 23.1. The number of nitrogens with one attached hydrogen (secondary N) is 2. The van der Waals surface area contributed by atoms with E-state index in [4.69, 9.17) is 0 Å². The molecule has 2 aromatic rings. The Bertz CT molecular complexity index is 810. The number of hydrogen-bond acceptors (Lipinski definition) is 6. The van der Waals surface area contributed by atoms with Crippen LogP contribution in [-0.4, -0.2) is 45.0 Å². The van der Waals surface area contributed by atoms with E-state index in [2.05, 4.69) is 10.6 Å². The van der Waals surface area contributed by atoms with Crippen LogP contribution in [0.15, 0.2) is 48.5 Å². The van der Waals surface area contributed by atoms with E-state index in [-0.39, 0.29) is 29.2 Å². The first-order valence-corrected chi connectivity index (χ1v) is 8.32. The zero-order valence-electron chi connectivity index (χ0n) is 14.7. The molecule has 0 aliphatic carbocycles. The minimum Gasteiger partial charge on any atom is -0.508 e. The highest BCUT2D eigenvalue weighted by atomic mass is 16.4. The topological polar surface area (TPSA) is 139 Å². The third-order valence-corrected chi connectivity index (χ3v) is 4.07. The van der Waals surface area contributed by atoms with E-state index in [1.165, 1.54) is 24.3 Å². The van der Waals surface area contributed by atoms with Crippen LogP contribution in [0.2, 0.25) is 0 Å². The predicted octanol–water partition coefficient (Wildman–Crippen LogP) is 1.62. The average molecular weight is 374 g/mol. The fourth-order valence-electron chi connectivity index (χ4n) is 2.73. The van der Waals surface area contributed by atoms with Crippen LogP contribution < -0.4 is 10.6 Å². The predicted molar refractivity (Wildman–Crippen MR) is 97.6 cm³/mol. The van der Waals surface area contributed by atoms with Crippen molar-refractivity contribution in [3.63, 3.8) is 0 Å². The third kappa shape index (κ3) is 5.19. The molecule has 0 aliphatic heterocycles. The molecule has 0 fully saturated rings. The van der Waals surface area contributed by atoms with Crippen LogP contribution in [0.1, 0.15) is 30.1 Å². The Labute approximate surface area is 156 Å². The van der Waals surface area contributed by atoms with Crippen molar-refractivity contribution in [3.05, 3.63) is 59.7 Å². The van der Waals surface area contributed by atoms with Gasteiger partial charge in [-0.05, 0) is 19.1 Å². The van der Waals surface area contributed by atoms with Crippen LogP contribution in [0.25, 0.3) is 0 Å². The molecule has 6 N–H and O–H groups in total. The van der Waals surface area contributed by atoms with Crippen LogP contribution >= 0.6 is 0 Å². The van der Waals surface area contributed by atoms with Crippen LogP contribution in [0, 0.1) is 0 Å². The highest BCUT2D eigenvalue weighted by molar-refractivity contribution is 5.77. The maximum Gasteiger partial charge on any atom is 0.325 e. The van der Waals surface area contributed by atoms with Crippen molar-refractivity contribution < 1.29 is 30.0 Å². The van der Waals surface area contributed by atoms with Gasteiger partial charge >= 0.3 is 11.9 Å². The number of aromatic hydroxyl groups is 2. The molecule has 0 bridgehead atoms. The first kappa shape index (κ1) is 20.2. The van der Waals surface area contributed by atoms with Crippen LogP contribution in [0.5, 0.6) is 11.5 Å².